The molecule has 5 atom stereocenters. The summed E-state index contributed by atoms with van der Waals surface area (Å²) < 4.78 is 6.20. The van der Waals surface area contributed by atoms with Crippen LogP contribution < -0.4 is 0 Å². The fraction of sp³-hybridized carbons (Fsp3) is 0.870. The first-order valence-corrected chi connectivity index (χ1v) is 12.3. The van der Waals surface area contributed by atoms with Crippen LogP contribution in [0.3, 0.4) is 0 Å². The molecular formula is C23H40O4S. The molecule has 2 aliphatic rings. The van der Waals surface area contributed by atoms with Crippen molar-refractivity contribution in [2.24, 2.45) is 17.3 Å². The first-order chi connectivity index (χ1) is 13.3. The zero-order valence-electron chi connectivity index (χ0n) is 17.9. The Morgan fingerprint density at radius 1 is 1.21 bits per heavy atom. The molecule has 162 valence electrons. The predicted octanol–water partition coefficient (Wildman–Crippen LogP) is 5.29. The van der Waals surface area contributed by atoms with Crippen LogP contribution in [0.5, 0.6) is 0 Å². The van der Waals surface area contributed by atoms with Gasteiger partial charge in [-0.05, 0) is 61.4 Å². The standard InChI is InChI=1S/C23H40O4S/c1-4-5-14-23(2,3)21(24)13-10-18-17(19-11-12-20(18)27-19)8-6-15-28-16-7-9-22(25)26/h10,13,17-21,24H,4-9,11-12,14-16H2,1-3H3,(H,25,26)/b13-10+/t17-,18+,19-,20+,21?/m1/s1. The number of fused-ring (bicyclic) bond motifs is 2. The minimum absolute atomic E-state index is 0.0763. The summed E-state index contributed by atoms with van der Waals surface area (Å²) in [5.74, 6) is 2.33. The number of hydrogen-bond acceptors (Lipinski definition) is 4. The number of aliphatic hydroxyl groups is 1. The summed E-state index contributed by atoms with van der Waals surface area (Å²) in [7, 11) is 0. The third-order valence-corrected chi connectivity index (χ3v) is 7.64. The number of rotatable bonds is 14. The van der Waals surface area contributed by atoms with Crippen molar-refractivity contribution in [3.63, 3.8) is 0 Å². The van der Waals surface area contributed by atoms with Crippen LogP contribution in [0, 0.1) is 17.3 Å². The van der Waals surface area contributed by atoms with E-state index in [2.05, 4.69) is 26.8 Å². The number of aliphatic hydroxyl groups excluding tert-OH is 1. The molecule has 5 heteroatoms. The minimum atomic E-state index is -0.700. The van der Waals surface area contributed by atoms with Crippen LogP contribution >= 0.6 is 11.8 Å². The Morgan fingerprint density at radius 2 is 1.93 bits per heavy atom. The predicted molar refractivity (Wildman–Crippen MR) is 117 cm³/mol. The second kappa shape index (κ2) is 11.6. The lowest BCUT2D eigenvalue weighted by atomic mass is 9.75. The molecule has 1 unspecified atom stereocenters. The summed E-state index contributed by atoms with van der Waals surface area (Å²) in [6.45, 7) is 6.52. The topological polar surface area (TPSA) is 66.8 Å². The minimum Gasteiger partial charge on any atom is -0.481 e. The Kier molecular flexibility index (Phi) is 9.85. The molecule has 0 radical (unpaired) electrons. The first-order valence-electron chi connectivity index (χ1n) is 11.2. The van der Waals surface area contributed by atoms with Gasteiger partial charge in [-0.25, -0.2) is 0 Å². The van der Waals surface area contributed by atoms with Gasteiger partial charge in [0.1, 0.15) is 0 Å². The zero-order valence-corrected chi connectivity index (χ0v) is 18.8. The Morgan fingerprint density at radius 3 is 2.64 bits per heavy atom. The molecule has 2 aliphatic heterocycles. The van der Waals surface area contributed by atoms with E-state index in [0.29, 0.717) is 24.0 Å². The first kappa shape index (κ1) is 23.8. The molecular weight excluding hydrogens is 372 g/mol. The molecule has 2 rings (SSSR count). The SMILES string of the molecule is CCCCC(C)(C)C(O)/C=C/[C@H]1[C@@H](CCCSCCCC(=O)O)[C@H]2CC[C@@H]1O2. The Hall–Kier alpha value is -0.520. The van der Waals surface area contributed by atoms with Crippen molar-refractivity contribution in [1.29, 1.82) is 0 Å². The highest BCUT2D eigenvalue weighted by Crippen LogP contribution is 2.46. The van der Waals surface area contributed by atoms with Crippen molar-refractivity contribution in [3.05, 3.63) is 12.2 Å². The van der Waals surface area contributed by atoms with Gasteiger partial charge in [-0.15, -0.1) is 0 Å². The second-order valence-electron chi connectivity index (χ2n) is 9.21. The number of carboxylic acids is 1. The highest BCUT2D eigenvalue weighted by molar-refractivity contribution is 7.99. The normalized spacial score (nSPS) is 28.3. The molecule has 0 saturated carbocycles. The third kappa shape index (κ3) is 7.07. The van der Waals surface area contributed by atoms with Gasteiger partial charge in [0, 0.05) is 12.3 Å². The number of hydrogen-bond donors (Lipinski definition) is 2. The van der Waals surface area contributed by atoms with E-state index in [0.717, 1.165) is 56.5 Å². The molecule has 0 aromatic rings. The van der Waals surface area contributed by atoms with Gasteiger partial charge >= 0.3 is 5.97 Å². The van der Waals surface area contributed by atoms with Crippen LogP contribution in [0.2, 0.25) is 0 Å². The number of unbranched alkanes of at least 4 members (excludes halogenated alkanes) is 1. The van der Waals surface area contributed by atoms with E-state index in [1.807, 2.05) is 17.8 Å². The van der Waals surface area contributed by atoms with Gasteiger partial charge in [0.2, 0.25) is 0 Å². The maximum atomic E-state index is 10.7. The second-order valence-corrected chi connectivity index (χ2v) is 10.4. The van der Waals surface area contributed by atoms with Crippen LogP contribution in [0.4, 0.5) is 0 Å². The number of carboxylic acid groups (broad SMARTS) is 1. The van der Waals surface area contributed by atoms with Crippen LogP contribution in [0.1, 0.15) is 78.6 Å². The van der Waals surface area contributed by atoms with Gasteiger partial charge in [-0.1, -0.05) is 45.8 Å². The van der Waals surface area contributed by atoms with Crippen molar-refractivity contribution in [2.45, 2.75) is 96.9 Å². The van der Waals surface area contributed by atoms with E-state index in [-0.39, 0.29) is 11.8 Å². The van der Waals surface area contributed by atoms with E-state index in [4.69, 9.17) is 9.84 Å². The molecule has 0 aliphatic carbocycles. The number of thioether (sulfide) groups is 1. The Labute approximate surface area is 175 Å². The van der Waals surface area contributed by atoms with Gasteiger partial charge in [0.25, 0.3) is 0 Å². The molecule has 28 heavy (non-hydrogen) atoms. The zero-order chi connectivity index (χ0) is 20.6. The van der Waals surface area contributed by atoms with E-state index in [1.54, 1.807) is 0 Å². The summed E-state index contributed by atoms with van der Waals surface area (Å²) >= 11 is 1.87. The molecule has 4 nitrogen and oxygen atoms in total. The van der Waals surface area contributed by atoms with E-state index in [9.17, 15) is 9.90 Å². The highest BCUT2D eigenvalue weighted by atomic mass is 32.2. The smallest absolute Gasteiger partial charge is 0.303 e. The molecule has 0 amide bonds. The van der Waals surface area contributed by atoms with Crippen molar-refractivity contribution < 1.29 is 19.7 Å². The van der Waals surface area contributed by atoms with Gasteiger partial charge in [0.05, 0.1) is 18.3 Å². The maximum Gasteiger partial charge on any atom is 0.303 e. The average molecular weight is 413 g/mol. The van der Waals surface area contributed by atoms with Crippen molar-refractivity contribution >= 4 is 17.7 Å². The number of aliphatic carboxylic acids is 1. The molecule has 2 saturated heterocycles. The van der Waals surface area contributed by atoms with Gasteiger partial charge in [-0.3, -0.25) is 4.79 Å². The van der Waals surface area contributed by atoms with Crippen LogP contribution in [-0.2, 0) is 9.53 Å². The molecule has 0 aromatic heterocycles. The molecule has 0 spiro atoms. The lowest BCUT2D eigenvalue weighted by molar-refractivity contribution is -0.137. The quantitative estimate of drug-likeness (QED) is 0.300. The number of carbonyl (C=O) groups is 1. The molecule has 2 fully saturated rings. The molecule has 2 N–H and O–H groups in total. The summed E-state index contributed by atoms with van der Waals surface area (Å²) in [4.78, 5) is 10.5. The number of ether oxygens (including phenoxy) is 1. The molecule has 2 bridgehead atoms. The summed E-state index contributed by atoms with van der Waals surface area (Å²) in [6, 6.07) is 0. The highest BCUT2D eigenvalue weighted by Gasteiger charge is 2.47. The molecule has 0 aromatic carbocycles. The van der Waals surface area contributed by atoms with Crippen LogP contribution in [0.15, 0.2) is 12.2 Å². The fourth-order valence-electron chi connectivity index (χ4n) is 4.58. The lowest BCUT2D eigenvalue weighted by Gasteiger charge is -2.30. The van der Waals surface area contributed by atoms with E-state index >= 15 is 0 Å². The summed E-state index contributed by atoms with van der Waals surface area (Å²) in [5.41, 5.74) is -0.0763. The third-order valence-electron chi connectivity index (χ3n) is 6.48. The lowest BCUT2D eigenvalue weighted by Crippen LogP contribution is -2.29. The Balaban J connectivity index is 1.78. The van der Waals surface area contributed by atoms with Gasteiger partial charge in [0.15, 0.2) is 0 Å². The summed E-state index contributed by atoms with van der Waals surface area (Å²) in [5, 5.41) is 19.4. The van der Waals surface area contributed by atoms with Crippen LogP contribution in [-0.4, -0.2) is 46.0 Å². The van der Waals surface area contributed by atoms with Gasteiger partial charge in [-0.2, -0.15) is 11.8 Å². The fourth-order valence-corrected chi connectivity index (χ4v) is 5.50. The van der Waals surface area contributed by atoms with Crippen LogP contribution in [0.25, 0.3) is 0 Å². The van der Waals surface area contributed by atoms with Crippen molar-refractivity contribution in [1.82, 2.24) is 0 Å². The van der Waals surface area contributed by atoms with Crippen molar-refractivity contribution in [2.75, 3.05) is 11.5 Å². The van der Waals surface area contributed by atoms with E-state index in [1.165, 1.54) is 6.42 Å². The van der Waals surface area contributed by atoms with Gasteiger partial charge < -0.3 is 14.9 Å². The van der Waals surface area contributed by atoms with Crippen molar-refractivity contribution in [3.8, 4) is 0 Å². The largest absolute Gasteiger partial charge is 0.481 e. The molecule has 2 heterocycles. The Bertz CT molecular complexity index is 505. The average Bonchev–Trinajstić information content (AvgIpc) is 3.25. The maximum absolute atomic E-state index is 10.7. The monoisotopic (exact) mass is 412 g/mol. The van der Waals surface area contributed by atoms with E-state index < -0.39 is 12.1 Å². The summed E-state index contributed by atoms with van der Waals surface area (Å²) in [6.07, 6.45) is 13.7.